The van der Waals surface area contributed by atoms with Gasteiger partial charge in [-0.2, -0.15) is 13.2 Å². The molecule has 0 unspecified atom stereocenters. The number of amides is 1. The lowest BCUT2D eigenvalue weighted by atomic mass is 9.80. The maximum Gasteiger partial charge on any atom is 0.391 e. The second kappa shape index (κ2) is 6.72. The Labute approximate surface area is 139 Å². The quantitative estimate of drug-likeness (QED) is 0.829. The fraction of sp³-hybridized carbons (Fsp3) is 0.812. The molecule has 2 atom stereocenters. The number of aryl methyl sites for hydroxylation is 1. The zero-order chi connectivity index (χ0) is 17.3. The molecule has 134 valence electrons. The predicted octanol–water partition coefficient (Wildman–Crippen LogP) is 2.89. The first-order valence-corrected chi connectivity index (χ1v) is 8.55. The number of halogens is 3. The van der Waals surface area contributed by atoms with Crippen molar-refractivity contribution in [1.82, 2.24) is 19.7 Å². The Morgan fingerprint density at radius 3 is 2.50 bits per heavy atom. The van der Waals surface area contributed by atoms with Gasteiger partial charge in [0.15, 0.2) is 0 Å². The summed E-state index contributed by atoms with van der Waals surface area (Å²) >= 11 is 0. The Bertz CT molecular complexity index is 578. The SMILES string of the molecule is Cn1cnnc1C1CCN(C(=O)[C@@H]2CCC[C@@H](C(F)(F)F)C2)CC1. The standard InChI is InChI=1S/C16H23F3N4O/c1-22-10-20-21-14(22)11-5-7-23(8-6-11)15(24)12-3-2-4-13(9-12)16(17,18)19/h10-13H,2-9H2,1H3/t12-,13-/m1/s1. The van der Waals surface area contributed by atoms with Gasteiger partial charge in [0.05, 0.1) is 5.92 Å². The van der Waals surface area contributed by atoms with Crippen LogP contribution >= 0.6 is 0 Å². The number of hydrogen-bond acceptors (Lipinski definition) is 3. The number of rotatable bonds is 2. The van der Waals surface area contributed by atoms with E-state index in [1.807, 2.05) is 11.6 Å². The summed E-state index contributed by atoms with van der Waals surface area (Å²) in [5, 5.41) is 8.00. The van der Waals surface area contributed by atoms with Crippen LogP contribution in [0.3, 0.4) is 0 Å². The topological polar surface area (TPSA) is 51.0 Å². The Balaban J connectivity index is 1.56. The number of alkyl halides is 3. The lowest BCUT2D eigenvalue weighted by Crippen LogP contribution is -2.43. The molecule has 24 heavy (non-hydrogen) atoms. The van der Waals surface area contributed by atoms with E-state index in [2.05, 4.69) is 10.2 Å². The Kier molecular flexibility index (Phi) is 4.83. The van der Waals surface area contributed by atoms with Crippen molar-refractivity contribution in [2.75, 3.05) is 13.1 Å². The second-order valence-electron chi connectivity index (χ2n) is 7.00. The van der Waals surface area contributed by atoms with Crippen LogP contribution in [0.15, 0.2) is 6.33 Å². The third-order valence-corrected chi connectivity index (χ3v) is 5.40. The van der Waals surface area contributed by atoms with E-state index < -0.39 is 18.0 Å². The summed E-state index contributed by atoms with van der Waals surface area (Å²) in [6, 6.07) is 0. The number of aromatic nitrogens is 3. The monoisotopic (exact) mass is 344 g/mol. The van der Waals surface area contributed by atoms with Gasteiger partial charge < -0.3 is 9.47 Å². The average Bonchev–Trinajstić information content (AvgIpc) is 3.00. The highest BCUT2D eigenvalue weighted by molar-refractivity contribution is 5.79. The molecule has 8 heteroatoms. The molecule has 3 rings (SSSR count). The van der Waals surface area contributed by atoms with Gasteiger partial charge >= 0.3 is 6.18 Å². The van der Waals surface area contributed by atoms with Crippen molar-refractivity contribution in [1.29, 1.82) is 0 Å². The summed E-state index contributed by atoms with van der Waals surface area (Å²) in [5.74, 6) is -0.721. The predicted molar refractivity (Wildman–Crippen MR) is 81.1 cm³/mol. The molecule has 1 saturated heterocycles. The van der Waals surface area contributed by atoms with Crippen molar-refractivity contribution in [2.24, 2.45) is 18.9 Å². The number of hydrogen-bond donors (Lipinski definition) is 0. The van der Waals surface area contributed by atoms with E-state index >= 15 is 0 Å². The van der Waals surface area contributed by atoms with E-state index in [0.717, 1.165) is 18.7 Å². The van der Waals surface area contributed by atoms with Crippen LogP contribution in [0.25, 0.3) is 0 Å². The molecular formula is C16H23F3N4O. The minimum absolute atomic E-state index is 0.0501. The van der Waals surface area contributed by atoms with Crippen molar-refractivity contribution in [2.45, 2.75) is 50.6 Å². The molecule has 1 amide bonds. The maximum absolute atomic E-state index is 12.9. The minimum Gasteiger partial charge on any atom is -0.342 e. The molecule has 0 spiro atoms. The van der Waals surface area contributed by atoms with E-state index in [1.165, 1.54) is 0 Å². The molecule has 2 heterocycles. The zero-order valence-corrected chi connectivity index (χ0v) is 13.8. The van der Waals surface area contributed by atoms with Crippen molar-refractivity contribution in [3.63, 3.8) is 0 Å². The summed E-state index contributed by atoms with van der Waals surface area (Å²) in [7, 11) is 1.90. The number of carbonyl (C=O) groups excluding carboxylic acids is 1. The first-order chi connectivity index (χ1) is 11.4. The van der Waals surface area contributed by atoms with Crippen molar-refractivity contribution >= 4 is 5.91 Å². The Hall–Kier alpha value is -1.60. The van der Waals surface area contributed by atoms with Gasteiger partial charge in [-0.1, -0.05) is 6.42 Å². The minimum atomic E-state index is -4.18. The summed E-state index contributed by atoms with van der Waals surface area (Å²) in [4.78, 5) is 14.4. The maximum atomic E-state index is 12.9. The smallest absolute Gasteiger partial charge is 0.342 e. The van der Waals surface area contributed by atoms with Crippen molar-refractivity contribution in [3.05, 3.63) is 12.2 Å². The number of piperidine rings is 1. The molecule has 1 aromatic heterocycles. The van der Waals surface area contributed by atoms with Crippen LogP contribution in [0.5, 0.6) is 0 Å². The molecule has 1 aliphatic carbocycles. The van der Waals surface area contributed by atoms with Gasteiger partial charge in [-0.05, 0) is 32.1 Å². The number of likely N-dealkylation sites (tertiary alicyclic amines) is 1. The van der Waals surface area contributed by atoms with Gasteiger partial charge in [0.25, 0.3) is 0 Å². The average molecular weight is 344 g/mol. The van der Waals surface area contributed by atoms with Gasteiger partial charge in [0.2, 0.25) is 5.91 Å². The van der Waals surface area contributed by atoms with Crippen LogP contribution in [-0.2, 0) is 11.8 Å². The van der Waals surface area contributed by atoms with Crippen LogP contribution in [0, 0.1) is 11.8 Å². The molecule has 1 aliphatic heterocycles. The molecule has 2 aliphatic rings. The summed E-state index contributed by atoms with van der Waals surface area (Å²) in [5.41, 5.74) is 0. The van der Waals surface area contributed by atoms with E-state index in [9.17, 15) is 18.0 Å². The van der Waals surface area contributed by atoms with Crippen molar-refractivity contribution < 1.29 is 18.0 Å². The first kappa shape index (κ1) is 17.2. The highest BCUT2D eigenvalue weighted by Crippen LogP contribution is 2.40. The van der Waals surface area contributed by atoms with Crippen molar-refractivity contribution in [3.8, 4) is 0 Å². The third-order valence-electron chi connectivity index (χ3n) is 5.40. The highest BCUT2D eigenvalue weighted by atomic mass is 19.4. The highest BCUT2D eigenvalue weighted by Gasteiger charge is 2.44. The fourth-order valence-electron chi connectivity index (χ4n) is 3.99. The molecule has 1 aromatic rings. The van der Waals surface area contributed by atoms with Gasteiger partial charge in [0.1, 0.15) is 12.2 Å². The van der Waals surface area contributed by atoms with Crippen LogP contribution in [-0.4, -0.2) is 44.8 Å². The van der Waals surface area contributed by atoms with Gasteiger partial charge in [-0.3, -0.25) is 4.79 Å². The summed E-state index contributed by atoms with van der Waals surface area (Å²) in [6.45, 7) is 1.17. The van der Waals surface area contributed by atoms with E-state index in [0.29, 0.717) is 25.9 Å². The molecule has 0 radical (unpaired) electrons. The van der Waals surface area contributed by atoms with Gasteiger partial charge in [-0.25, -0.2) is 0 Å². The lowest BCUT2D eigenvalue weighted by Gasteiger charge is -2.36. The largest absolute Gasteiger partial charge is 0.391 e. The second-order valence-corrected chi connectivity index (χ2v) is 7.00. The van der Waals surface area contributed by atoms with E-state index in [-0.39, 0.29) is 24.7 Å². The van der Waals surface area contributed by atoms with Crippen LogP contribution in [0.1, 0.15) is 50.3 Å². The Morgan fingerprint density at radius 2 is 1.92 bits per heavy atom. The number of carbonyl (C=O) groups is 1. The number of nitrogens with zero attached hydrogens (tertiary/aromatic N) is 4. The summed E-state index contributed by atoms with van der Waals surface area (Å²) < 4.78 is 40.7. The molecule has 0 N–H and O–H groups in total. The van der Waals surface area contributed by atoms with Gasteiger partial charge in [0, 0.05) is 32.0 Å². The molecule has 0 aromatic carbocycles. The normalized spacial score (nSPS) is 26.6. The fourth-order valence-corrected chi connectivity index (χ4v) is 3.99. The third kappa shape index (κ3) is 3.57. The molecule has 1 saturated carbocycles. The van der Waals surface area contributed by atoms with E-state index in [4.69, 9.17) is 0 Å². The molecular weight excluding hydrogens is 321 g/mol. The molecule has 0 bridgehead atoms. The van der Waals surface area contributed by atoms with E-state index in [1.54, 1.807) is 11.2 Å². The summed E-state index contributed by atoms with van der Waals surface area (Å²) in [6.07, 6.45) is 0.211. The van der Waals surface area contributed by atoms with Crippen LogP contribution in [0.2, 0.25) is 0 Å². The molecule has 2 fully saturated rings. The zero-order valence-electron chi connectivity index (χ0n) is 13.8. The van der Waals surface area contributed by atoms with Crippen LogP contribution in [0.4, 0.5) is 13.2 Å². The molecule has 5 nitrogen and oxygen atoms in total. The first-order valence-electron chi connectivity index (χ1n) is 8.55. The van der Waals surface area contributed by atoms with Crippen LogP contribution < -0.4 is 0 Å². The Morgan fingerprint density at radius 1 is 1.21 bits per heavy atom. The lowest BCUT2D eigenvalue weighted by molar-refractivity contribution is -0.187. The van der Waals surface area contributed by atoms with Gasteiger partial charge in [-0.15, -0.1) is 10.2 Å².